The van der Waals surface area contributed by atoms with Gasteiger partial charge in [0.2, 0.25) is 11.8 Å². The maximum atomic E-state index is 11.9. The van der Waals surface area contributed by atoms with Gasteiger partial charge in [0.05, 0.1) is 6.54 Å². The van der Waals surface area contributed by atoms with Gasteiger partial charge in [-0.25, -0.2) is 0 Å². The van der Waals surface area contributed by atoms with Crippen LogP contribution in [-0.4, -0.2) is 43.4 Å². The summed E-state index contributed by atoms with van der Waals surface area (Å²) in [4.78, 5) is 24.8. The van der Waals surface area contributed by atoms with Crippen LogP contribution in [0.2, 0.25) is 0 Å². The number of hydrogen-bond acceptors (Lipinski definition) is 3. The first-order valence-electron chi connectivity index (χ1n) is 6.24. The Kier molecular flexibility index (Phi) is 4.93. The molecule has 0 heterocycles. The molecule has 0 bridgehead atoms. The lowest BCUT2D eigenvalue weighted by atomic mass is 9.66. The van der Waals surface area contributed by atoms with Gasteiger partial charge in [0.15, 0.2) is 0 Å². The predicted molar refractivity (Wildman–Crippen MR) is 66.3 cm³/mol. The molecule has 17 heavy (non-hydrogen) atoms. The van der Waals surface area contributed by atoms with E-state index >= 15 is 0 Å². The van der Waals surface area contributed by atoms with Gasteiger partial charge in [-0.05, 0) is 31.7 Å². The molecule has 1 aliphatic carbocycles. The molecule has 2 amide bonds. The molecule has 0 atom stereocenters. The summed E-state index contributed by atoms with van der Waals surface area (Å²) in [5.74, 6) is -0.0971. The first-order chi connectivity index (χ1) is 8.03. The molecule has 0 spiro atoms. The highest BCUT2D eigenvalue weighted by atomic mass is 16.2. The zero-order valence-electron chi connectivity index (χ0n) is 10.8. The van der Waals surface area contributed by atoms with Crippen LogP contribution >= 0.6 is 0 Å². The minimum atomic E-state index is -0.112. The molecular formula is C12H23N3O2. The van der Waals surface area contributed by atoms with Crippen LogP contribution in [0.5, 0.6) is 0 Å². The van der Waals surface area contributed by atoms with Gasteiger partial charge in [0, 0.05) is 20.0 Å². The smallest absolute Gasteiger partial charge is 0.239 e. The summed E-state index contributed by atoms with van der Waals surface area (Å²) in [7, 11) is 1.67. The quantitative estimate of drug-likeness (QED) is 0.692. The summed E-state index contributed by atoms with van der Waals surface area (Å²) < 4.78 is 0. The van der Waals surface area contributed by atoms with Gasteiger partial charge in [-0.3, -0.25) is 9.59 Å². The summed E-state index contributed by atoms with van der Waals surface area (Å²) in [6.07, 6.45) is 3.69. The van der Waals surface area contributed by atoms with Crippen LogP contribution in [0.4, 0.5) is 0 Å². The average molecular weight is 241 g/mol. The van der Waals surface area contributed by atoms with Gasteiger partial charge < -0.3 is 16.0 Å². The van der Waals surface area contributed by atoms with Gasteiger partial charge >= 0.3 is 0 Å². The van der Waals surface area contributed by atoms with E-state index in [1.807, 2.05) is 6.92 Å². The third-order valence-electron chi connectivity index (χ3n) is 3.55. The third-order valence-corrected chi connectivity index (χ3v) is 3.55. The Hall–Kier alpha value is -1.10. The monoisotopic (exact) mass is 241 g/mol. The lowest BCUT2D eigenvalue weighted by Crippen LogP contribution is -2.44. The van der Waals surface area contributed by atoms with Crippen molar-refractivity contribution < 1.29 is 9.59 Å². The number of nitrogens with one attached hydrogen (secondary N) is 1. The van der Waals surface area contributed by atoms with Crippen molar-refractivity contribution in [1.82, 2.24) is 10.2 Å². The topological polar surface area (TPSA) is 75.4 Å². The Morgan fingerprint density at radius 2 is 2.06 bits per heavy atom. The number of carbonyl (C=O) groups excluding carboxylic acids is 2. The van der Waals surface area contributed by atoms with Crippen molar-refractivity contribution in [3.63, 3.8) is 0 Å². The van der Waals surface area contributed by atoms with Crippen molar-refractivity contribution in [3.05, 3.63) is 0 Å². The molecular weight excluding hydrogens is 218 g/mol. The van der Waals surface area contributed by atoms with Gasteiger partial charge in [-0.1, -0.05) is 6.42 Å². The molecule has 0 aromatic carbocycles. The second kappa shape index (κ2) is 6.00. The minimum absolute atomic E-state index is 0.00652. The normalized spacial score (nSPS) is 17.1. The lowest BCUT2D eigenvalue weighted by molar-refractivity contribution is -0.137. The van der Waals surface area contributed by atoms with Crippen LogP contribution < -0.4 is 11.1 Å². The van der Waals surface area contributed by atoms with Crippen LogP contribution in [-0.2, 0) is 9.59 Å². The summed E-state index contributed by atoms with van der Waals surface area (Å²) in [5.41, 5.74) is 5.72. The Balaban J connectivity index is 2.38. The van der Waals surface area contributed by atoms with E-state index in [2.05, 4.69) is 5.32 Å². The summed E-state index contributed by atoms with van der Waals surface area (Å²) >= 11 is 0. The van der Waals surface area contributed by atoms with Crippen LogP contribution in [0.3, 0.4) is 0 Å². The van der Waals surface area contributed by atoms with E-state index in [9.17, 15) is 9.59 Å². The van der Waals surface area contributed by atoms with Crippen LogP contribution in [0.25, 0.3) is 0 Å². The predicted octanol–water partition coefficient (Wildman–Crippen LogP) is 0.100. The van der Waals surface area contributed by atoms with E-state index in [-0.39, 0.29) is 23.8 Å². The van der Waals surface area contributed by atoms with E-state index in [1.165, 1.54) is 4.90 Å². The van der Waals surface area contributed by atoms with Gasteiger partial charge in [-0.2, -0.15) is 0 Å². The number of rotatable bonds is 6. The van der Waals surface area contributed by atoms with Crippen LogP contribution in [0, 0.1) is 5.41 Å². The average Bonchev–Trinajstić information content (AvgIpc) is 2.23. The molecule has 1 fully saturated rings. The van der Waals surface area contributed by atoms with E-state index in [0.29, 0.717) is 19.5 Å². The Morgan fingerprint density at radius 3 is 2.47 bits per heavy atom. The third kappa shape index (κ3) is 3.70. The van der Waals surface area contributed by atoms with Crippen molar-refractivity contribution in [2.75, 3.05) is 26.7 Å². The largest absolute Gasteiger partial charge is 0.355 e. The van der Waals surface area contributed by atoms with Crippen molar-refractivity contribution in [2.24, 2.45) is 11.1 Å². The number of carbonyl (C=O) groups is 2. The maximum Gasteiger partial charge on any atom is 0.239 e. The summed E-state index contributed by atoms with van der Waals surface area (Å²) in [6, 6.07) is 0. The molecule has 1 saturated carbocycles. The number of nitrogens with two attached hydrogens (primary N) is 1. The van der Waals surface area contributed by atoms with Gasteiger partial charge in [0.1, 0.15) is 0 Å². The highest BCUT2D eigenvalue weighted by molar-refractivity contribution is 5.84. The fourth-order valence-electron chi connectivity index (χ4n) is 2.14. The van der Waals surface area contributed by atoms with Crippen LogP contribution in [0.1, 0.15) is 32.6 Å². The van der Waals surface area contributed by atoms with Crippen molar-refractivity contribution in [2.45, 2.75) is 32.6 Å². The number of amides is 2. The first kappa shape index (κ1) is 14.0. The lowest BCUT2D eigenvalue weighted by Gasteiger charge is -2.41. The Bertz CT molecular complexity index is 282. The number of likely N-dealkylation sites (N-methyl/N-ethyl adjacent to an activating group) is 2. The molecule has 0 radical (unpaired) electrons. The zero-order chi connectivity index (χ0) is 12.9. The van der Waals surface area contributed by atoms with Crippen LogP contribution in [0.15, 0.2) is 0 Å². The highest BCUT2D eigenvalue weighted by Gasteiger charge is 2.38. The fraction of sp³-hybridized carbons (Fsp3) is 0.833. The molecule has 1 rings (SSSR count). The molecule has 1 aliphatic rings. The summed E-state index contributed by atoms with van der Waals surface area (Å²) in [6.45, 7) is 3.15. The van der Waals surface area contributed by atoms with Crippen molar-refractivity contribution >= 4 is 11.8 Å². The molecule has 0 unspecified atom stereocenters. The molecule has 0 aliphatic heterocycles. The fourth-order valence-corrected chi connectivity index (χ4v) is 2.14. The van der Waals surface area contributed by atoms with Crippen molar-refractivity contribution in [3.8, 4) is 0 Å². The molecule has 3 N–H and O–H groups in total. The van der Waals surface area contributed by atoms with Gasteiger partial charge in [-0.15, -0.1) is 0 Å². The number of nitrogens with zero attached hydrogens (tertiary/aromatic N) is 1. The van der Waals surface area contributed by atoms with Crippen molar-refractivity contribution in [1.29, 1.82) is 0 Å². The Morgan fingerprint density at radius 1 is 1.41 bits per heavy atom. The molecule has 0 aromatic rings. The summed E-state index contributed by atoms with van der Waals surface area (Å²) in [5, 5.41) is 2.68. The molecule has 5 heteroatoms. The van der Waals surface area contributed by atoms with Gasteiger partial charge in [0.25, 0.3) is 0 Å². The Labute approximate surface area is 103 Å². The SMILES string of the molecule is CCNC(=O)CN(C)C(=O)CC1(CN)CCC1. The molecule has 98 valence electrons. The van der Waals surface area contributed by atoms with E-state index in [0.717, 1.165) is 19.3 Å². The molecule has 5 nitrogen and oxygen atoms in total. The maximum absolute atomic E-state index is 11.9. The standard InChI is InChI=1S/C12H23N3O2/c1-3-14-10(16)8-15(2)11(17)7-12(9-13)5-4-6-12/h3-9,13H2,1-2H3,(H,14,16). The zero-order valence-corrected chi connectivity index (χ0v) is 10.8. The second-order valence-corrected chi connectivity index (χ2v) is 4.94. The molecule has 0 saturated heterocycles. The van der Waals surface area contributed by atoms with E-state index in [4.69, 9.17) is 5.73 Å². The van der Waals surface area contributed by atoms with E-state index in [1.54, 1.807) is 7.05 Å². The highest BCUT2D eigenvalue weighted by Crippen LogP contribution is 2.43. The molecule has 0 aromatic heterocycles. The number of hydrogen-bond donors (Lipinski definition) is 2. The first-order valence-corrected chi connectivity index (χ1v) is 6.24. The second-order valence-electron chi connectivity index (χ2n) is 4.94. The minimum Gasteiger partial charge on any atom is -0.355 e. The van der Waals surface area contributed by atoms with E-state index < -0.39 is 0 Å².